The second-order valence-electron chi connectivity index (χ2n) is 7.69. The lowest BCUT2D eigenvalue weighted by Gasteiger charge is -2.26. The molecule has 0 bridgehead atoms. The van der Waals surface area contributed by atoms with Crippen molar-refractivity contribution in [2.24, 2.45) is 5.92 Å². The van der Waals surface area contributed by atoms with Crippen molar-refractivity contribution in [2.45, 2.75) is 58.9 Å². The maximum Gasteiger partial charge on any atom is 0.417 e. The molecule has 0 saturated carbocycles. The molecular weight excluding hydrogens is 290 g/mol. The molecule has 4 nitrogen and oxygen atoms in total. The molecule has 4 heteroatoms. The Labute approximate surface area is 138 Å². The van der Waals surface area contributed by atoms with Gasteiger partial charge < -0.3 is 4.74 Å². The van der Waals surface area contributed by atoms with Crippen LogP contribution in [0.4, 0.5) is 4.79 Å². The van der Waals surface area contributed by atoms with Crippen molar-refractivity contribution < 1.29 is 14.3 Å². The Kier molecular flexibility index (Phi) is 4.83. The fraction of sp³-hybridized carbons (Fsp3) is 0.579. The van der Waals surface area contributed by atoms with Crippen molar-refractivity contribution in [3.05, 3.63) is 35.4 Å². The van der Waals surface area contributed by atoms with Crippen molar-refractivity contribution in [3.8, 4) is 0 Å². The highest BCUT2D eigenvalue weighted by Crippen LogP contribution is 2.28. The number of ether oxygens (including phenoxy) is 1. The number of cyclic esters (lactones) is 1. The van der Waals surface area contributed by atoms with E-state index in [4.69, 9.17) is 4.74 Å². The van der Waals surface area contributed by atoms with Gasteiger partial charge in [0.05, 0.1) is 12.0 Å². The van der Waals surface area contributed by atoms with Gasteiger partial charge in [0.15, 0.2) is 0 Å². The summed E-state index contributed by atoms with van der Waals surface area (Å²) < 4.78 is 5.08. The minimum absolute atomic E-state index is 0.0767. The molecule has 2 atom stereocenters. The third kappa shape index (κ3) is 3.57. The second-order valence-corrected chi connectivity index (χ2v) is 7.69. The lowest BCUT2D eigenvalue weighted by Crippen LogP contribution is -2.43. The minimum Gasteiger partial charge on any atom is -0.447 e. The molecule has 2 rings (SSSR count). The molecule has 1 heterocycles. The number of hydrogen-bond acceptors (Lipinski definition) is 3. The standard InChI is InChI=1S/C19H27NO3/c1-12(2)16-11-23-18(22)20(16)17(21)13(3)14-7-9-15(10-8-14)19(4,5)6/h7-10,12-13,16H,11H2,1-6H3/t13-,16-/m0/s1. The van der Waals surface area contributed by atoms with Crippen molar-refractivity contribution >= 4 is 12.0 Å². The van der Waals surface area contributed by atoms with Gasteiger partial charge in [-0.15, -0.1) is 0 Å². The summed E-state index contributed by atoms with van der Waals surface area (Å²) in [5.74, 6) is -0.369. The topological polar surface area (TPSA) is 46.6 Å². The number of benzene rings is 1. The number of carbonyl (C=O) groups excluding carboxylic acids is 2. The molecule has 1 aromatic rings. The van der Waals surface area contributed by atoms with Crippen LogP contribution in [0.1, 0.15) is 58.6 Å². The predicted octanol–water partition coefficient (Wildman–Crippen LogP) is 4.09. The first-order valence-electron chi connectivity index (χ1n) is 8.23. The maximum absolute atomic E-state index is 12.8. The fourth-order valence-electron chi connectivity index (χ4n) is 2.80. The smallest absolute Gasteiger partial charge is 0.417 e. The van der Waals surface area contributed by atoms with Gasteiger partial charge in [-0.3, -0.25) is 4.79 Å². The number of hydrogen-bond donors (Lipinski definition) is 0. The van der Waals surface area contributed by atoms with E-state index in [-0.39, 0.29) is 35.8 Å². The summed E-state index contributed by atoms with van der Waals surface area (Å²) in [4.78, 5) is 26.0. The zero-order chi connectivity index (χ0) is 17.4. The summed E-state index contributed by atoms with van der Waals surface area (Å²) in [5.41, 5.74) is 2.22. The quantitative estimate of drug-likeness (QED) is 0.843. The maximum atomic E-state index is 12.8. The molecule has 0 spiro atoms. The van der Waals surface area contributed by atoms with Gasteiger partial charge in [-0.2, -0.15) is 0 Å². The molecule has 1 aliphatic heterocycles. The van der Waals surface area contributed by atoms with E-state index >= 15 is 0 Å². The van der Waals surface area contributed by atoms with Gasteiger partial charge in [0.1, 0.15) is 6.61 Å². The van der Waals surface area contributed by atoms with Crippen LogP contribution in [0.15, 0.2) is 24.3 Å². The third-order valence-corrected chi connectivity index (χ3v) is 4.56. The largest absolute Gasteiger partial charge is 0.447 e. The first-order chi connectivity index (χ1) is 10.6. The van der Waals surface area contributed by atoms with Crippen LogP contribution < -0.4 is 0 Å². The SMILES string of the molecule is CC(C)[C@@H]1COC(=O)N1C(=O)[C@@H](C)c1ccc(C(C)(C)C)cc1. The molecule has 23 heavy (non-hydrogen) atoms. The Morgan fingerprint density at radius 1 is 1.17 bits per heavy atom. The molecule has 1 saturated heterocycles. The van der Waals surface area contributed by atoms with Gasteiger partial charge in [-0.05, 0) is 29.4 Å². The molecule has 2 amide bonds. The molecule has 1 fully saturated rings. The molecular formula is C19H27NO3. The number of nitrogens with zero attached hydrogens (tertiary/aromatic N) is 1. The predicted molar refractivity (Wildman–Crippen MR) is 90.4 cm³/mol. The summed E-state index contributed by atoms with van der Waals surface area (Å²) in [6.07, 6.45) is -0.521. The first-order valence-corrected chi connectivity index (χ1v) is 8.23. The Hall–Kier alpha value is -1.84. The van der Waals surface area contributed by atoms with Gasteiger partial charge in [-0.25, -0.2) is 9.69 Å². The average molecular weight is 317 g/mol. The van der Waals surface area contributed by atoms with E-state index in [1.807, 2.05) is 32.9 Å². The fourth-order valence-corrected chi connectivity index (χ4v) is 2.80. The first kappa shape index (κ1) is 17.5. The zero-order valence-electron chi connectivity index (χ0n) is 14.9. The highest BCUT2D eigenvalue weighted by Gasteiger charge is 2.41. The van der Waals surface area contributed by atoms with E-state index in [0.717, 1.165) is 5.56 Å². The zero-order valence-corrected chi connectivity index (χ0v) is 14.9. The van der Waals surface area contributed by atoms with E-state index in [1.165, 1.54) is 10.5 Å². The van der Waals surface area contributed by atoms with Crippen LogP contribution in [0, 0.1) is 5.92 Å². The molecule has 0 N–H and O–H groups in total. The molecule has 0 radical (unpaired) electrons. The molecule has 0 aliphatic carbocycles. The Bertz CT molecular complexity index is 584. The van der Waals surface area contributed by atoms with E-state index < -0.39 is 6.09 Å². The summed E-state index contributed by atoms with van der Waals surface area (Å²) in [6.45, 7) is 12.6. The van der Waals surface area contributed by atoms with E-state index in [9.17, 15) is 9.59 Å². The summed E-state index contributed by atoms with van der Waals surface area (Å²) in [7, 11) is 0. The Balaban J connectivity index is 2.20. The average Bonchev–Trinajstić information content (AvgIpc) is 2.87. The number of rotatable bonds is 3. The second kappa shape index (κ2) is 6.34. The summed E-state index contributed by atoms with van der Waals surface area (Å²) in [6, 6.07) is 7.90. The molecule has 126 valence electrons. The number of carbonyl (C=O) groups is 2. The van der Waals surface area contributed by atoms with Gasteiger partial charge in [0.2, 0.25) is 5.91 Å². The number of amides is 2. The molecule has 1 aliphatic rings. The molecule has 1 aromatic carbocycles. The Morgan fingerprint density at radius 2 is 1.74 bits per heavy atom. The van der Waals surface area contributed by atoms with Crippen LogP contribution >= 0.6 is 0 Å². The van der Waals surface area contributed by atoms with Gasteiger partial charge in [0.25, 0.3) is 0 Å². The lowest BCUT2D eigenvalue weighted by molar-refractivity contribution is -0.131. The summed E-state index contributed by atoms with van der Waals surface area (Å²) >= 11 is 0. The van der Waals surface area contributed by atoms with Crippen LogP contribution in [-0.4, -0.2) is 29.5 Å². The van der Waals surface area contributed by atoms with Gasteiger partial charge in [-0.1, -0.05) is 58.9 Å². The van der Waals surface area contributed by atoms with Crippen LogP contribution in [0.3, 0.4) is 0 Å². The van der Waals surface area contributed by atoms with Crippen molar-refractivity contribution in [3.63, 3.8) is 0 Å². The third-order valence-electron chi connectivity index (χ3n) is 4.56. The van der Waals surface area contributed by atoms with Crippen LogP contribution in [0.25, 0.3) is 0 Å². The van der Waals surface area contributed by atoms with Crippen molar-refractivity contribution in [1.82, 2.24) is 4.90 Å². The van der Waals surface area contributed by atoms with Crippen LogP contribution in [0.5, 0.6) is 0 Å². The highest BCUT2D eigenvalue weighted by atomic mass is 16.6. The molecule has 0 aromatic heterocycles. The van der Waals surface area contributed by atoms with Crippen LogP contribution in [0.2, 0.25) is 0 Å². The van der Waals surface area contributed by atoms with Crippen molar-refractivity contribution in [1.29, 1.82) is 0 Å². The lowest BCUT2D eigenvalue weighted by atomic mass is 9.85. The summed E-state index contributed by atoms with van der Waals surface area (Å²) in [5, 5.41) is 0. The molecule has 0 unspecified atom stereocenters. The van der Waals surface area contributed by atoms with Crippen molar-refractivity contribution in [2.75, 3.05) is 6.61 Å². The number of imide groups is 1. The monoisotopic (exact) mass is 317 g/mol. The van der Waals surface area contributed by atoms with E-state index in [0.29, 0.717) is 0 Å². The Morgan fingerprint density at radius 3 is 2.22 bits per heavy atom. The highest BCUT2D eigenvalue weighted by molar-refractivity contribution is 5.97. The van der Waals surface area contributed by atoms with Gasteiger partial charge >= 0.3 is 6.09 Å². The normalized spacial score (nSPS) is 19.9. The van der Waals surface area contributed by atoms with E-state index in [1.54, 1.807) is 0 Å². The van der Waals surface area contributed by atoms with Gasteiger partial charge in [0, 0.05) is 0 Å². The van der Waals surface area contributed by atoms with E-state index in [2.05, 4.69) is 32.9 Å². The minimum atomic E-state index is -0.521. The van der Waals surface area contributed by atoms with Crippen LogP contribution in [-0.2, 0) is 14.9 Å².